The molecule has 1 atom stereocenters. The van der Waals surface area contributed by atoms with Crippen LogP contribution in [0.1, 0.15) is 50.8 Å². The molecule has 2 N–H and O–H groups in total. The van der Waals surface area contributed by atoms with Gasteiger partial charge < -0.3 is 10.4 Å². The first-order valence-corrected chi connectivity index (χ1v) is 10.6. The highest BCUT2D eigenvalue weighted by Gasteiger charge is 2.25. The highest BCUT2D eigenvalue weighted by atomic mass is 32.1. The van der Waals surface area contributed by atoms with Crippen molar-refractivity contribution >= 4 is 27.4 Å². The first-order valence-electron chi connectivity index (χ1n) is 9.74. The first kappa shape index (κ1) is 20.6. The Labute approximate surface area is 170 Å². The SMILES string of the molecule is CCC(CCNc1nc(C)nc(C)c1-c1nc2c(C)nccc2s1)C(C)(C)O. The molecule has 0 aromatic carbocycles. The Morgan fingerprint density at radius 2 is 1.89 bits per heavy atom. The van der Waals surface area contributed by atoms with Crippen molar-refractivity contribution in [1.82, 2.24) is 19.9 Å². The molecule has 0 saturated carbocycles. The van der Waals surface area contributed by atoms with Crippen molar-refractivity contribution in [3.05, 3.63) is 29.5 Å². The van der Waals surface area contributed by atoms with Crippen LogP contribution in [0.5, 0.6) is 0 Å². The average Bonchev–Trinajstić information content (AvgIpc) is 3.02. The molecule has 150 valence electrons. The van der Waals surface area contributed by atoms with Gasteiger partial charge in [-0.2, -0.15) is 0 Å². The van der Waals surface area contributed by atoms with Gasteiger partial charge in [0.25, 0.3) is 0 Å². The molecule has 0 aliphatic carbocycles. The quantitative estimate of drug-likeness (QED) is 0.600. The molecular weight excluding hydrogens is 370 g/mol. The number of nitrogens with zero attached hydrogens (tertiary/aromatic N) is 4. The van der Waals surface area contributed by atoms with Crippen LogP contribution >= 0.6 is 11.3 Å². The third-order valence-corrected chi connectivity index (χ3v) is 6.22. The van der Waals surface area contributed by atoms with E-state index in [0.717, 1.165) is 63.2 Å². The summed E-state index contributed by atoms with van der Waals surface area (Å²) in [5.74, 6) is 1.76. The molecule has 0 aliphatic heterocycles. The summed E-state index contributed by atoms with van der Waals surface area (Å²) in [6.45, 7) is 12.5. The number of hydrogen-bond donors (Lipinski definition) is 2. The predicted octanol–water partition coefficient (Wildman–Crippen LogP) is 4.67. The summed E-state index contributed by atoms with van der Waals surface area (Å²) < 4.78 is 1.11. The predicted molar refractivity (Wildman–Crippen MR) is 116 cm³/mol. The van der Waals surface area contributed by atoms with Crippen LogP contribution in [-0.4, -0.2) is 37.2 Å². The second kappa shape index (κ2) is 8.09. The lowest BCUT2D eigenvalue weighted by Crippen LogP contribution is -2.31. The van der Waals surface area contributed by atoms with E-state index in [0.29, 0.717) is 0 Å². The lowest BCUT2D eigenvalue weighted by atomic mass is 9.86. The third-order valence-electron chi connectivity index (χ3n) is 5.18. The molecule has 3 aromatic heterocycles. The van der Waals surface area contributed by atoms with E-state index in [1.54, 1.807) is 11.3 Å². The summed E-state index contributed by atoms with van der Waals surface area (Å²) in [7, 11) is 0. The van der Waals surface area contributed by atoms with Crippen molar-refractivity contribution in [3.63, 3.8) is 0 Å². The minimum Gasteiger partial charge on any atom is -0.390 e. The molecule has 0 amide bonds. The van der Waals surface area contributed by atoms with E-state index < -0.39 is 5.60 Å². The van der Waals surface area contributed by atoms with Gasteiger partial charge in [0.1, 0.15) is 22.2 Å². The van der Waals surface area contributed by atoms with Crippen molar-refractivity contribution in [2.24, 2.45) is 5.92 Å². The van der Waals surface area contributed by atoms with Gasteiger partial charge in [0.05, 0.1) is 27.3 Å². The van der Waals surface area contributed by atoms with E-state index in [9.17, 15) is 5.11 Å². The first-order chi connectivity index (χ1) is 13.2. The Morgan fingerprint density at radius 3 is 2.54 bits per heavy atom. The zero-order valence-corrected chi connectivity index (χ0v) is 18.3. The number of hydrogen-bond acceptors (Lipinski definition) is 7. The Bertz CT molecular complexity index is 977. The van der Waals surface area contributed by atoms with Crippen LogP contribution < -0.4 is 5.32 Å². The molecule has 3 aromatic rings. The Hall–Kier alpha value is -2.12. The summed E-state index contributed by atoms with van der Waals surface area (Å²) in [5, 5.41) is 14.7. The van der Waals surface area contributed by atoms with Gasteiger partial charge in [-0.05, 0) is 53.0 Å². The van der Waals surface area contributed by atoms with Gasteiger partial charge in [0, 0.05) is 12.7 Å². The van der Waals surface area contributed by atoms with Gasteiger partial charge in [-0.25, -0.2) is 15.0 Å². The average molecular weight is 400 g/mol. The molecule has 1 unspecified atom stereocenters. The van der Waals surface area contributed by atoms with Crippen molar-refractivity contribution in [2.45, 2.75) is 60.0 Å². The van der Waals surface area contributed by atoms with Gasteiger partial charge in [-0.1, -0.05) is 13.3 Å². The Morgan fingerprint density at radius 1 is 1.14 bits per heavy atom. The van der Waals surface area contributed by atoms with Crippen LogP contribution in [-0.2, 0) is 0 Å². The summed E-state index contributed by atoms with van der Waals surface area (Å²) in [6.07, 6.45) is 3.62. The second-order valence-corrected chi connectivity index (χ2v) is 8.85. The Kier molecular flexibility index (Phi) is 5.95. The smallest absolute Gasteiger partial charge is 0.140 e. The largest absolute Gasteiger partial charge is 0.390 e. The monoisotopic (exact) mass is 399 g/mol. The van der Waals surface area contributed by atoms with E-state index in [-0.39, 0.29) is 5.92 Å². The van der Waals surface area contributed by atoms with Gasteiger partial charge in [-0.3, -0.25) is 4.98 Å². The maximum atomic E-state index is 10.3. The summed E-state index contributed by atoms with van der Waals surface area (Å²) in [4.78, 5) is 18.4. The van der Waals surface area contributed by atoms with E-state index >= 15 is 0 Å². The maximum absolute atomic E-state index is 10.3. The molecule has 0 fully saturated rings. The molecule has 0 saturated heterocycles. The molecule has 0 bridgehead atoms. The number of aromatic nitrogens is 4. The number of rotatable bonds is 7. The van der Waals surface area contributed by atoms with Gasteiger partial charge in [0.2, 0.25) is 0 Å². The van der Waals surface area contributed by atoms with Crippen LogP contribution in [0.2, 0.25) is 0 Å². The molecule has 0 aliphatic rings. The molecule has 0 radical (unpaired) electrons. The molecule has 7 heteroatoms. The normalized spacial score (nSPS) is 13.1. The third kappa shape index (κ3) is 4.31. The van der Waals surface area contributed by atoms with Crippen LogP contribution in [0.25, 0.3) is 20.8 Å². The van der Waals surface area contributed by atoms with Gasteiger partial charge >= 0.3 is 0 Å². The van der Waals surface area contributed by atoms with E-state index in [4.69, 9.17) is 4.98 Å². The number of anilines is 1. The molecule has 6 nitrogen and oxygen atoms in total. The van der Waals surface area contributed by atoms with E-state index in [1.165, 1.54) is 0 Å². The minimum absolute atomic E-state index is 0.226. The minimum atomic E-state index is -0.686. The van der Waals surface area contributed by atoms with Crippen molar-refractivity contribution in [1.29, 1.82) is 0 Å². The maximum Gasteiger partial charge on any atom is 0.140 e. The number of fused-ring (bicyclic) bond motifs is 1. The highest BCUT2D eigenvalue weighted by molar-refractivity contribution is 7.21. The van der Waals surface area contributed by atoms with Gasteiger partial charge in [-0.15, -0.1) is 11.3 Å². The lowest BCUT2D eigenvalue weighted by Gasteiger charge is -2.28. The fraction of sp³-hybridized carbons (Fsp3) is 0.524. The van der Waals surface area contributed by atoms with Crippen molar-refractivity contribution in [2.75, 3.05) is 11.9 Å². The van der Waals surface area contributed by atoms with Crippen LogP contribution in [0.4, 0.5) is 5.82 Å². The number of thiazole rings is 1. The van der Waals surface area contributed by atoms with Crippen molar-refractivity contribution < 1.29 is 5.11 Å². The van der Waals surface area contributed by atoms with Crippen molar-refractivity contribution in [3.8, 4) is 10.6 Å². The number of aliphatic hydroxyl groups is 1. The standard InChI is InChI=1S/C21H29N5OS/c1-7-15(21(5,6)27)8-10-23-19-17(12(2)24-14(4)25-19)20-26-18-13(3)22-11-9-16(18)28-20/h9,11,15,27H,7-8,10H2,1-6H3,(H,23,24,25). The molecule has 3 rings (SSSR count). The highest BCUT2D eigenvalue weighted by Crippen LogP contribution is 2.36. The van der Waals surface area contributed by atoms with E-state index in [2.05, 4.69) is 27.2 Å². The number of aryl methyl sites for hydroxylation is 3. The van der Waals surface area contributed by atoms with E-state index in [1.807, 2.05) is 46.9 Å². The lowest BCUT2D eigenvalue weighted by molar-refractivity contribution is 0.0130. The van der Waals surface area contributed by atoms with Crippen LogP contribution in [0, 0.1) is 26.7 Å². The molecule has 0 spiro atoms. The van der Waals surface area contributed by atoms with Crippen LogP contribution in [0.15, 0.2) is 12.3 Å². The zero-order chi connectivity index (χ0) is 20.5. The summed E-state index contributed by atoms with van der Waals surface area (Å²) >= 11 is 1.64. The molecular formula is C21H29N5OS. The molecule has 3 heterocycles. The topological polar surface area (TPSA) is 83.8 Å². The van der Waals surface area contributed by atoms with Gasteiger partial charge in [0.15, 0.2) is 0 Å². The number of nitrogens with one attached hydrogen (secondary N) is 1. The number of pyridine rings is 1. The molecule has 28 heavy (non-hydrogen) atoms. The summed E-state index contributed by atoms with van der Waals surface area (Å²) in [5.41, 5.74) is 3.03. The fourth-order valence-electron chi connectivity index (χ4n) is 3.61. The Balaban J connectivity index is 1.92. The summed E-state index contributed by atoms with van der Waals surface area (Å²) in [6, 6.07) is 2.00. The van der Waals surface area contributed by atoms with Crippen LogP contribution in [0.3, 0.4) is 0 Å². The fourth-order valence-corrected chi connectivity index (χ4v) is 4.72. The zero-order valence-electron chi connectivity index (χ0n) is 17.5. The second-order valence-electron chi connectivity index (χ2n) is 7.82.